The van der Waals surface area contributed by atoms with E-state index in [9.17, 15) is 13.2 Å². The van der Waals surface area contributed by atoms with Crippen molar-refractivity contribution >= 4 is 15.9 Å². The Morgan fingerprint density at radius 3 is 2.50 bits per heavy atom. The van der Waals surface area contributed by atoms with Gasteiger partial charge in [-0.15, -0.1) is 0 Å². The van der Waals surface area contributed by atoms with Crippen molar-refractivity contribution < 1.29 is 17.9 Å². The summed E-state index contributed by atoms with van der Waals surface area (Å²) < 4.78 is 41.6. The fourth-order valence-electron chi connectivity index (χ4n) is 1.38. The number of ether oxygens (including phenoxy) is 1. The third-order valence-electron chi connectivity index (χ3n) is 2.33. The second-order valence-corrected chi connectivity index (χ2v) is 4.95. The van der Waals surface area contributed by atoms with Crippen molar-refractivity contribution in [3.8, 4) is 5.75 Å². The Balaban J connectivity index is 2.74. The highest BCUT2D eigenvalue weighted by atomic mass is 79.9. The zero-order chi connectivity index (χ0) is 13.8. The van der Waals surface area contributed by atoms with E-state index in [2.05, 4.69) is 20.8 Å². The number of hydrogen-bond acceptors (Lipinski definition) is 2. The minimum absolute atomic E-state index is 0.223. The van der Waals surface area contributed by atoms with E-state index in [0.717, 1.165) is 12.1 Å². The molecule has 0 saturated heterocycles. The van der Waals surface area contributed by atoms with Gasteiger partial charge in [0.2, 0.25) is 0 Å². The molecule has 0 atom stereocenters. The molecule has 102 valence electrons. The molecule has 0 amide bonds. The van der Waals surface area contributed by atoms with E-state index in [1.54, 1.807) is 6.07 Å². The molecule has 1 aromatic carbocycles. The van der Waals surface area contributed by atoms with Crippen LogP contribution in [0.1, 0.15) is 12.5 Å². The van der Waals surface area contributed by atoms with E-state index in [4.69, 9.17) is 4.74 Å². The highest BCUT2D eigenvalue weighted by Crippen LogP contribution is 2.24. The number of alkyl halides is 3. The van der Waals surface area contributed by atoms with E-state index in [1.807, 2.05) is 20.0 Å². The van der Waals surface area contributed by atoms with Gasteiger partial charge in [0, 0.05) is 11.0 Å². The standard InChI is InChI=1S/C12H15BrF3NO/c1-3-17(2)7-9-4-10(13)6-11(5-9)18-8-12(14,15)16/h4-6H,3,7-8H2,1-2H3. The fourth-order valence-corrected chi connectivity index (χ4v) is 1.90. The van der Waals surface area contributed by atoms with Crippen LogP contribution in [0.4, 0.5) is 13.2 Å². The first-order valence-corrected chi connectivity index (χ1v) is 6.27. The van der Waals surface area contributed by atoms with Crippen molar-refractivity contribution in [3.05, 3.63) is 28.2 Å². The van der Waals surface area contributed by atoms with Gasteiger partial charge in [0.05, 0.1) is 0 Å². The summed E-state index contributed by atoms with van der Waals surface area (Å²) in [7, 11) is 1.94. The molecule has 0 aliphatic heterocycles. The third-order valence-corrected chi connectivity index (χ3v) is 2.78. The molecule has 2 nitrogen and oxygen atoms in total. The molecule has 0 N–H and O–H groups in total. The summed E-state index contributed by atoms with van der Waals surface area (Å²) in [5.74, 6) is 0.223. The van der Waals surface area contributed by atoms with Crippen molar-refractivity contribution in [1.29, 1.82) is 0 Å². The van der Waals surface area contributed by atoms with Crippen LogP contribution >= 0.6 is 15.9 Å². The van der Waals surface area contributed by atoms with E-state index >= 15 is 0 Å². The zero-order valence-electron chi connectivity index (χ0n) is 10.2. The molecule has 0 unspecified atom stereocenters. The summed E-state index contributed by atoms with van der Waals surface area (Å²) in [6.45, 7) is 2.27. The van der Waals surface area contributed by atoms with Gasteiger partial charge >= 0.3 is 6.18 Å². The van der Waals surface area contributed by atoms with Crippen LogP contribution in [0.3, 0.4) is 0 Å². The predicted molar refractivity (Wildman–Crippen MR) is 67.7 cm³/mol. The first kappa shape index (κ1) is 15.3. The summed E-state index contributed by atoms with van der Waals surface area (Å²) >= 11 is 3.27. The summed E-state index contributed by atoms with van der Waals surface area (Å²) in [6.07, 6.45) is -4.32. The predicted octanol–water partition coefficient (Wildman–Crippen LogP) is 3.84. The zero-order valence-corrected chi connectivity index (χ0v) is 11.8. The van der Waals surface area contributed by atoms with Gasteiger partial charge in [-0.2, -0.15) is 13.2 Å². The quantitative estimate of drug-likeness (QED) is 0.815. The van der Waals surface area contributed by atoms with Crippen molar-refractivity contribution in [2.75, 3.05) is 20.2 Å². The number of nitrogens with zero attached hydrogens (tertiary/aromatic N) is 1. The van der Waals surface area contributed by atoms with E-state index in [1.165, 1.54) is 6.07 Å². The van der Waals surface area contributed by atoms with Crippen LogP contribution in [-0.2, 0) is 6.54 Å². The first-order chi connectivity index (χ1) is 8.30. The summed E-state index contributed by atoms with van der Waals surface area (Å²) in [5.41, 5.74) is 0.908. The monoisotopic (exact) mass is 325 g/mol. The van der Waals surface area contributed by atoms with Gasteiger partial charge in [0.15, 0.2) is 6.61 Å². The van der Waals surface area contributed by atoms with Gasteiger partial charge in [-0.05, 0) is 37.4 Å². The largest absolute Gasteiger partial charge is 0.484 e. The molecular formula is C12H15BrF3NO. The average Bonchev–Trinajstić information content (AvgIpc) is 2.24. The summed E-state index contributed by atoms with van der Waals surface area (Å²) in [6, 6.07) is 5.02. The molecule has 1 aromatic rings. The van der Waals surface area contributed by atoms with Gasteiger partial charge in [0.25, 0.3) is 0 Å². The molecule has 0 radical (unpaired) electrons. The van der Waals surface area contributed by atoms with Crippen molar-refractivity contribution in [1.82, 2.24) is 4.90 Å². The molecule has 0 heterocycles. The van der Waals surface area contributed by atoms with E-state index in [-0.39, 0.29) is 5.75 Å². The molecule has 0 aliphatic rings. The lowest BCUT2D eigenvalue weighted by atomic mass is 10.2. The number of rotatable bonds is 5. The second-order valence-electron chi connectivity index (χ2n) is 4.03. The van der Waals surface area contributed by atoms with E-state index < -0.39 is 12.8 Å². The normalized spacial score (nSPS) is 11.9. The smallest absolute Gasteiger partial charge is 0.422 e. The number of hydrogen-bond donors (Lipinski definition) is 0. The molecule has 0 spiro atoms. The molecule has 0 aliphatic carbocycles. The maximum absolute atomic E-state index is 12.1. The Kier molecular flexibility index (Phi) is 5.47. The number of benzene rings is 1. The molecule has 0 aromatic heterocycles. The van der Waals surface area contributed by atoms with Crippen LogP contribution in [0.25, 0.3) is 0 Å². The molecular weight excluding hydrogens is 311 g/mol. The van der Waals surface area contributed by atoms with Crippen LogP contribution < -0.4 is 4.74 Å². The molecule has 0 fully saturated rings. The molecule has 1 rings (SSSR count). The SMILES string of the molecule is CCN(C)Cc1cc(Br)cc(OCC(F)(F)F)c1. The lowest BCUT2D eigenvalue weighted by Gasteiger charge is -2.15. The highest BCUT2D eigenvalue weighted by molar-refractivity contribution is 9.10. The maximum Gasteiger partial charge on any atom is 0.422 e. The highest BCUT2D eigenvalue weighted by Gasteiger charge is 2.28. The lowest BCUT2D eigenvalue weighted by Crippen LogP contribution is -2.19. The second kappa shape index (κ2) is 6.43. The van der Waals surface area contributed by atoms with Crippen LogP contribution in [-0.4, -0.2) is 31.3 Å². The Bertz CT molecular complexity index is 395. The van der Waals surface area contributed by atoms with Crippen molar-refractivity contribution in [2.24, 2.45) is 0 Å². The van der Waals surface area contributed by atoms with Crippen LogP contribution in [0.2, 0.25) is 0 Å². The molecule has 0 saturated carbocycles. The van der Waals surface area contributed by atoms with Crippen molar-refractivity contribution in [2.45, 2.75) is 19.6 Å². The van der Waals surface area contributed by atoms with E-state index in [0.29, 0.717) is 11.0 Å². The topological polar surface area (TPSA) is 12.5 Å². The van der Waals surface area contributed by atoms with Gasteiger partial charge in [-0.25, -0.2) is 0 Å². The Hall–Kier alpha value is -0.750. The first-order valence-electron chi connectivity index (χ1n) is 5.47. The minimum Gasteiger partial charge on any atom is -0.484 e. The third kappa shape index (κ3) is 5.73. The van der Waals surface area contributed by atoms with Gasteiger partial charge in [-0.3, -0.25) is 0 Å². The minimum atomic E-state index is -4.32. The van der Waals surface area contributed by atoms with Gasteiger partial charge in [-0.1, -0.05) is 22.9 Å². The maximum atomic E-state index is 12.1. The molecule has 18 heavy (non-hydrogen) atoms. The number of halogens is 4. The Morgan fingerprint density at radius 1 is 1.28 bits per heavy atom. The fraction of sp³-hybridized carbons (Fsp3) is 0.500. The Morgan fingerprint density at radius 2 is 1.94 bits per heavy atom. The Labute approximate surface area is 113 Å². The summed E-state index contributed by atoms with van der Waals surface area (Å²) in [4.78, 5) is 2.05. The summed E-state index contributed by atoms with van der Waals surface area (Å²) in [5, 5.41) is 0. The average molecular weight is 326 g/mol. The van der Waals surface area contributed by atoms with Gasteiger partial charge in [0.1, 0.15) is 5.75 Å². The van der Waals surface area contributed by atoms with Crippen LogP contribution in [0.5, 0.6) is 5.75 Å². The van der Waals surface area contributed by atoms with Crippen LogP contribution in [0, 0.1) is 0 Å². The molecule has 0 bridgehead atoms. The molecule has 6 heteroatoms. The van der Waals surface area contributed by atoms with Crippen molar-refractivity contribution in [3.63, 3.8) is 0 Å². The van der Waals surface area contributed by atoms with Crippen LogP contribution in [0.15, 0.2) is 22.7 Å². The van der Waals surface area contributed by atoms with Gasteiger partial charge < -0.3 is 9.64 Å². The lowest BCUT2D eigenvalue weighted by molar-refractivity contribution is -0.153.